The van der Waals surface area contributed by atoms with Gasteiger partial charge in [0.1, 0.15) is 31.5 Å². The summed E-state index contributed by atoms with van der Waals surface area (Å²) >= 11 is 0. The molecule has 0 unspecified atom stereocenters. The first-order chi connectivity index (χ1) is 16.0. The largest absolute Gasteiger partial charge is 0.468 e. The molecule has 1 aliphatic heterocycles. The predicted molar refractivity (Wildman–Crippen MR) is 114 cm³/mol. The number of ether oxygens (including phenoxy) is 4. The van der Waals surface area contributed by atoms with Crippen molar-refractivity contribution in [1.82, 2.24) is 19.7 Å². The maximum Gasteiger partial charge on any atom is 0.341 e. The molecule has 0 saturated carbocycles. The SMILES string of the molecule is COC(=O)CNP(=O)(NCC(=O)OC)OC[C@H]1O[C@@H](n2cc(C)c(=O)[nH]c2=O)C[C@@H]1OC(C)=O. The van der Waals surface area contributed by atoms with E-state index in [2.05, 4.69) is 24.6 Å². The number of rotatable bonds is 11. The van der Waals surface area contributed by atoms with Gasteiger partial charge in [-0.15, -0.1) is 0 Å². The second-order valence-electron chi connectivity index (χ2n) is 7.16. The van der Waals surface area contributed by atoms with E-state index in [0.29, 0.717) is 0 Å². The molecule has 190 valence electrons. The molecule has 3 N–H and O–H groups in total. The molecule has 0 bridgehead atoms. The highest BCUT2D eigenvalue weighted by atomic mass is 31.2. The molecule has 1 saturated heterocycles. The number of aromatic amines is 1. The average Bonchev–Trinajstić information content (AvgIpc) is 3.18. The molecule has 15 nitrogen and oxygen atoms in total. The molecule has 0 aliphatic carbocycles. The van der Waals surface area contributed by atoms with Crippen LogP contribution in [0.2, 0.25) is 0 Å². The van der Waals surface area contributed by atoms with Crippen LogP contribution in [0.5, 0.6) is 0 Å². The number of H-pyrrole nitrogens is 1. The Morgan fingerprint density at radius 2 is 1.76 bits per heavy atom. The topological polar surface area (TPSA) is 193 Å². The number of carbonyl (C=O) groups is 3. The van der Waals surface area contributed by atoms with Gasteiger partial charge in [0.15, 0.2) is 0 Å². The van der Waals surface area contributed by atoms with Crippen LogP contribution < -0.4 is 21.4 Å². The highest BCUT2D eigenvalue weighted by Crippen LogP contribution is 2.39. The molecular formula is C18H27N4O11P. The minimum atomic E-state index is -4.02. The number of hydrogen-bond donors (Lipinski definition) is 3. The van der Waals surface area contributed by atoms with Crippen LogP contribution >= 0.6 is 7.67 Å². The van der Waals surface area contributed by atoms with Crippen LogP contribution in [0.25, 0.3) is 0 Å². The van der Waals surface area contributed by atoms with Crippen molar-refractivity contribution in [3.05, 3.63) is 32.6 Å². The number of aromatic nitrogens is 2. The van der Waals surface area contributed by atoms with Gasteiger partial charge in [-0.25, -0.2) is 15.0 Å². The molecule has 0 radical (unpaired) electrons. The lowest BCUT2D eigenvalue weighted by Gasteiger charge is -2.23. The number of aryl methyl sites for hydroxylation is 1. The lowest BCUT2D eigenvalue weighted by atomic mass is 10.2. The van der Waals surface area contributed by atoms with E-state index in [4.69, 9.17) is 14.0 Å². The Hall–Kier alpha value is -2.84. The van der Waals surface area contributed by atoms with E-state index in [-0.39, 0.29) is 12.0 Å². The van der Waals surface area contributed by atoms with Crippen LogP contribution in [0.3, 0.4) is 0 Å². The monoisotopic (exact) mass is 506 g/mol. The average molecular weight is 506 g/mol. The first-order valence-electron chi connectivity index (χ1n) is 10.0. The third kappa shape index (κ3) is 7.60. The first-order valence-corrected chi connectivity index (χ1v) is 11.6. The molecule has 0 amide bonds. The summed E-state index contributed by atoms with van der Waals surface area (Å²) in [5, 5.41) is 4.71. The Morgan fingerprint density at radius 3 is 2.29 bits per heavy atom. The minimum absolute atomic E-state index is 0.0362. The van der Waals surface area contributed by atoms with Crippen molar-refractivity contribution in [2.24, 2.45) is 0 Å². The van der Waals surface area contributed by atoms with Crippen molar-refractivity contribution < 1.29 is 42.4 Å². The smallest absolute Gasteiger partial charge is 0.341 e. The number of nitrogens with zero attached hydrogens (tertiary/aromatic N) is 1. The summed E-state index contributed by atoms with van der Waals surface area (Å²) in [6, 6.07) is 0. The van der Waals surface area contributed by atoms with Crippen molar-refractivity contribution in [3.8, 4) is 0 Å². The van der Waals surface area contributed by atoms with Gasteiger partial charge in [-0.3, -0.25) is 33.3 Å². The zero-order valence-electron chi connectivity index (χ0n) is 19.0. The van der Waals surface area contributed by atoms with E-state index in [9.17, 15) is 28.5 Å². The zero-order chi connectivity index (χ0) is 25.5. The molecule has 0 spiro atoms. The summed E-state index contributed by atoms with van der Waals surface area (Å²) in [5.74, 6) is -2.11. The van der Waals surface area contributed by atoms with Gasteiger partial charge in [0.05, 0.1) is 20.8 Å². The van der Waals surface area contributed by atoms with E-state index in [1.807, 2.05) is 0 Å². The predicted octanol–water partition coefficient (Wildman–Crippen LogP) is -1.29. The van der Waals surface area contributed by atoms with Gasteiger partial charge in [-0.2, -0.15) is 0 Å². The standard InChI is InChI=1S/C18H27N4O11P/c1-10-8-22(18(27)21-17(10)26)14-5-12(32-11(2)23)13(33-14)9-31-34(28,19-6-15(24)29-3)20-7-16(25)30-4/h8,12-14H,5-7,9H2,1-4H3,(H2,19,20,28)(H,21,26,27)/t12-,13+,14+/m0/s1. The Balaban J connectivity index is 2.19. The fourth-order valence-electron chi connectivity index (χ4n) is 2.97. The van der Waals surface area contributed by atoms with Crippen LogP contribution in [-0.2, 0) is 42.4 Å². The number of nitrogens with one attached hydrogen (secondary N) is 3. The van der Waals surface area contributed by atoms with E-state index in [0.717, 1.165) is 18.8 Å². The molecule has 2 heterocycles. The molecular weight excluding hydrogens is 479 g/mol. The summed E-state index contributed by atoms with van der Waals surface area (Å²) in [7, 11) is -1.75. The lowest BCUT2D eigenvalue weighted by molar-refractivity contribution is -0.150. The lowest BCUT2D eigenvalue weighted by Crippen LogP contribution is -2.36. The van der Waals surface area contributed by atoms with E-state index < -0.39 is 75.0 Å². The Morgan fingerprint density at radius 1 is 1.18 bits per heavy atom. The van der Waals surface area contributed by atoms with Crippen LogP contribution in [-0.4, -0.2) is 73.6 Å². The van der Waals surface area contributed by atoms with Crippen molar-refractivity contribution >= 4 is 25.6 Å². The van der Waals surface area contributed by atoms with Gasteiger partial charge >= 0.3 is 31.3 Å². The van der Waals surface area contributed by atoms with Gasteiger partial charge in [-0.1, -0.05) is 0 Å². The van der Waals surface area contributed by atoms with Crippen molar-refractivity contribution in [1.29, 1.82) is 0 Å². The zero-order valence-corrected chi connectivity index (χ0v) is 19.9. The first kappa shape index (κ1) is 27.4. The summed E-state index contributed by atoms with van der Waals surface area (Å²) in [5.41, 5.74) is -1.02. The minimum Gasteiger partial charge on any atom is -0.468 e. The maximum absolute atomic E-state index is 13.1. The number of methoxy groups -OCH3 is 2. The molecule has 1 aliphatic rings. The van der Waals surface area contributed by atoms with Gasteiger partial charge in [0.25, 0.3) is 5.56 Å². The number of hydrogen-bond acceptors (Lipinski definition) is 11. The normalized spacial score (nSPS) is 20.1. The molecule has 1 aromatic rings. The summed E-state index contributed by atoms with van der Waals surface area (Å²) in [6.45, 7) is 1.25. The second kappa shape index (κ2) is 12.0. The van der Waals surface area contributed by atoms with E-state index >= 15 is 0 Å². The Labute approximate surface area is 193 Å². The fourth-order valence-corrected chi connectivity index (χ4v) is 4.29. The van der Waals surface area contributed by atoms with Gasteiger partial charge in [-0.05, 0) is 6.92 Å². The molecule has 34 heavy (non-hydrogen) atoms. The van der Waals surface area contributed by atoms with Crippen LogP contribution in [0, 0.1) is 6.92 Å². The molecule has 1 aromatic heterocycles. The van der Waals surface area contributed by atoms with E-state index in [1.165, 1.54) is 20.0 Å². The fraction of sp³-hybridized carbons (Fsp3) is 0.611. The molecule has 1 fully saturated rings. The van der Waals surface area contributed by atoms with Gasteiger partial charge in [0, 0.05) is 25.1 Å². The van der Waals surface area contributed by atoms with E-state index in [1.54, 1.807) is 0 Å². The highest BCUT2D eigenvalue weighted by molar-refractivity contribution is 7.54. The summed E-state index contributed by atoms with van der Waals surface area (Å²) in [6.07, 6.45) is -1.46. The quantitative estimate of drug-likeness (QED) is 0.183. The molecule has 2 rings (SSSR count). The van der Waals surface area contributed by atoms with Gasteiger partial charge < -0.3 is 23.5 Å². The third-order valence-corrected chi connectivity index (χ3v) is 6.35. The van der Waals surface area contributed by atoms with Crippen molar-refractivity contribution in [2.45, 2.75) is 38.7 Å². The molecule has 0 aromatic carbocycles. The molecule has 16 heteroatoms. The second-order valence-corrected chi connectivity index (χ2v) is 9.15. The van der Waals surface area contributed by atoms with Crippen LogP contribution in [0.4, 0.5) is 0 Å². The maximum atomic E-state index is 13.1. The highest BCUT2D eigenvalue weighted by Gasteiger charge is 2.40. The van der Waals surface area contributed by atoms with Gasteiger partial charge in [0.2, 0.25) is 0 Å². The summed E-state index contributed by atoms with van der Waals surface area (Å²) < 4.78 is 39.7. The Kier molecular flexibility index (Phi) is 9.70. The number of esters is 3. The van der Waals surface area contributed by atoms with Crippen molar-refractivity contribution in [3.63, 3.8) is 0 Å². The van der Waals surface area contributed by atoms with Crippen LogP contribution in [0.1, 0.15) is 25.1 Å². The molecule has 3 atom stereocenters. The van der Waals surface area contributed by atoms with Crippen molar-refractivity contribution in [2.75, 3.05) is 33.9 Å². The van der Waals surface area contributed by atoms with Crippen LogP contribution in [0.15, 0.2) is 15.8 Å². The Bertz CT molecular complexity index is 1040. The third-order valence-electron chi connectivity index (χ3n) is 4.69. The number of carbonyl (C=O) groups excluding carboxylic acids is 3. The summed E-state index contributed by atoms with van der Waals surface area (Å²) in [4.78, 5) is 60.5.